The third kappa shape index (κ3) is 4.05. The van der Waals surface area contributed by atoms with Crippen molar-refractivity contribution in [2.45, 2.75) is 44.1 Å². The minimum Gasteiger partial charge on any atom is -0.388 e. The molecule has 0 unspecified atom stereocenters. The van der Waals surface area contributed by atoms with Gasteiger partial charge in [-0.2, -0.15) is 0 Å². The highest BCUT2D eigenvalue weighted by Crippen LogP contribution is 2.28. The van der Waals surface area contributed by atoms with Gasteiger partial charge in [0.1, 0.15) is 0 Å². The number of anilines is 1. The Morgan fingerprint density at radius 1 is 1.30 bits per heavy atom. The van der Waals surface area contributed by atoms with Crippen molar-refractivity contribution in [1.29, 1.82) is 0 Å². The number of aliphatic hydroxyl groups is 1. The Hall–Kier alpha value is -1.39. The molecule has 1 aromatic rings. The predicted molar refractivity (Wildman–Crippen MR) is 81.0 cm³/mol. The molecule has 1 aliphatic carbocycles. The lowest BCUT2D eigenvalue weighted by Crippen LogP contribution is -2.38. The lowest BCUT2D eigenvalue weighted by Gasteiger charge is -2.32. The van der Waals surface area contributed by atoms with E-state index in [-0.39, 0.29) is 5.78 Å². The molecule has 0 bridgehead atoms. The molecule has 0 saturated heterocycles. The van der Waals surface area contributed by atoms with Crippen molar-refractivity contribution >= 4 is 11.5 Å². The van der Waals surface area contributed by atoms with Gasteiger partial charge in [0.25, 0.3) is 0 Å². The van der Waals surface area contributed by atoms with Crippen LogP contribution in [0.1, 0.15) is 48.9 Å². The lowest BCUT2D eigenvalue weighted by atomic mass is 9.85. The third-order valence-electron chi connectivity index (χ3n) is 3.96. The van der Waals surface area contributed by atoms with Crippen molar-refractivity contribution in [2.75, 3.05) is 18.4 Å². The summed E-state index contributed by atoms with van der Waals surface area (Å²) in [6.45, 7) is 0.914. The van der Waals surface area contributed by atoms with Crippen LogP contribution in [0.4, 0.5) is 5.69 Å². The van der Waals surface area contributed by atoms with Gasteiger partial charge in [0, 0.05) is 24.2 Å². The molecule has 0 heterocycles. The summed E-state index contributed by atoms with van der Waals surface area (Å²) < 4.78 is 0. The van der Waals surface area contributed by atoms with Crippen molar-refractivity contribution in [1.82, 2.24) is 0 Å². The van der Waals surface area contributed by atoms with Gasteiger partial charge in [-0.3, -0.25) is 4.79 Å². The molecule has 0 aromatic heterocycles. The predicted octanol–water partition coefficient (Wildman–Crippen LogP) is 2.33. The van der Waals surface area contributed by atoms with E-state index in [9.17, 15) is 9.90 Å². The van der Waals surface area contributed by atoms with Crippen molar-refractivity contribution in [3.8, 4) is 0 Å². The Labute approximate surface area is 120 Å². The number of benzene rings is 1. The fraction of sp³-hybridized carbons (Fsp3) is 0.562. The summed E-state index contributed by atoms with van der Waals surface area (Å²) >= 11 is 0. The molecule has 1 aromatic carbocycles. The van der Waals surface area contributed by atoms with Crippen molar-refractivity contribution in [2.24, 2.45) is 5.73 Å². The molecule has 1 fully saturated rings. The maximum absolute atomic E-state index is 11.8. The number of hydrogen-bond acceptors (Lipinski definition) is 4. The smallest absolute Gasteiger partial charge is 0.164 e. The zero-order valence-corrected chi connectivity index (χ0v) is 11.9. The number of carbonyl (C=O) groups is 1. The molecule has 4 nitrogen and oxygen atoms in total. The van der Waals surface area contributed by atoms with Crippen LogP contribution in [0.2, 0.25) is 0 Å². The molecule has 0 atom stereocenters. The van der Waals surface area contributed by atoms with Crippen LogP contribution < -0.4 is 11.1 Å². The van der Waals surface area contributed by atoms with Gasteiger partial charge in [-0.05, 0) is 31.5 Å². The second-order valence-corrected chi connectivity index (χ2v) is 5.68. The topological polar surface area (TPSA) is 75.4 Å². The van der Waals surface area contributed by atoms with E-state index < -0.39 is 5.60 Å². The molecule has 110 valence electrons. The van der Waals surface area contributed by atoms with Gasteiger partial charge in [0.2, 0.25) is 0 Å². The standard InChI is InChI=1S/C16H24N2O2/c17-10-7-15(19)13-5-4-6-14(11-13)18-12-16(20)8-2-1-3-9-16/h4-6,11,18,20H,1-3,7-10,12,17H2. The van der Waals surface area contributed by atoms with E-state index in [1.807, 2.05) is 18.2 Å². The van der Waals surface area contributed by atoms with Crippen LogP contribution in [0.15, 0.2) is 24.3 Å². The molecule has 1 saturated carbocycles. The quantitative estimate of drug-likeness (QED) is 0.697. The van der Waals surface area contributed by atoms with Gasteiger partial charge >= 0.3 is 0 Å². The van der Waals surface area contributed by atoms with Crippen LogP contribution >= 0.6 is 0 Å². The summed E-state index contributed by atoms with van der Waals surface area (Å²) in [5.74, 6) is 0.0625. The van der Waals surface area contributed by atoms with E-state index in [1.165, 1.54) is 6.42 Å². The van der Waals surface area contributed by atoms with Crippen LogP contribution in [0.3, 0.4) is 0 Å². The maximum Gasteiger partial charge on any atom is 0.164 e. The summed E-state index contributed by atoms with van der Waals surface area (Å²) in [5, 5.41) is 13.7. The fourth-order valence-electron chi connectivity index (χ4n) is 2.73. The Morgan fingerprint density at radius 3 is 2.75 bits per heavy atom. The highest BCUT2D eigenvalue weighted by atomic mass is 16.3. The second-order valence-electron chi connectivity index (χ2n) is 5.68. The van der Waals surface area contributed by atoms with E-state index in [4.69, 9.17) is 5.73 Å². The first kappa shape index (κ1) is 15.0. The molecule has 0 amide bonds. The Kier molecular flexibility index (Phi) is 5.15. The van der Waals surface area contributed by atoms with Crippen LogP contribution in [0.5, 0.6) is 0 Å². The molecule has 1 aliphatic rings. The van der Waals surface area contributed by atoms with Gasteiger partial charge in [-0.25, -0.2) is 0 Å². The molecule has 20 heavy (non-hydrogen) atoms. The fourth-order valence-corrected chi connectivity index (χ4v) is 2.73. The van der Waals surface area contributed by atoms with Crippen molar-refractivity contribution in [3.05, 3.63) is 29.8 Å². The molecular formula is C16H24N2O2. The Balaban J connectivity index is 1.95. The Morgan fingerprint density at radius 2 is 2.05 bits per heavy atom. The van der Waals surface area contributed by atoms with Gasteiger partial charge in [0.05, 0.1) is 5.60 Å². The minimum atomic E-state index is -0.602. The van der Waals surface area contributed by atoms with Crippen LogP contribution in [0, 0.1) is 0 Å². The number of nitrogens with two attached hydrogens (primary N) is 1. The van der Waals surface area contributed by atoms with E-state index in [0.717, 1.165) is 31.4 Å². The molecule has 0 aliphatic heterocycles. The summed E-state index contributed by atoms with van der Waals surface area (Å²) in [7, 11) is 0. The number of Topliss-reactive ketones (excluding diaryl/α,β-unsaturated/α-hetero) is 1. The third-order valence-corrected chi connectivity index (χ3v) is 3.96. The van der Waals surface area contributed by atoms with Gasteiger partial charge < -0.3 is 16.2 Å². The minimum absolute atomic E-state index is 0.0625. The molecule has 4 N–H and O–H groups in total. The van der Waals surface area contributed by atoms with Crippen LogP contribution in [0.25, 0.3) is 0 Å². The van der Waals surface area contributed by atoms with Gasteiger partial charge in [0.15, 0.2) is 5.78 Å². The number of carbonyl (C=O) groups excluding carboxylic acids is 1. The first-order valence-corrected chi connectivity index (χ1v) is 7.43. The highest BCUT2D eigenvalue weighted by molar-refractivity contribution is 5.97. The first-order valence-electron chi connectivity index (χ1n) is 7.43. The normalized spacial score (nSPS) is 17.7. The van der Waals surface area contributed by atoms with E-state index in [1.54, 1.807) is 6.07 Å². The zero-order chi connectivity index (χ0) is 14.4. The average Bonchev–Trinajstić information content (AvgIpc) is 2.47. The van der Waals surface area contributed by atoms with E-state index in [0.29, 0.717) is 25.1 Å². The first-order chi connectivity index (χ1) is 9.63. The SMILES string of the molecule is NCCC(=O)c1cccc(NCC2(O)CCCCC2)c1. The van der Waals surface area contributed by atoms with Crippen LogP contribution in [-0.2, 0) is 0 Å². The Bertz CT molecular complexity index is 454. The summed E-state index contributed by atoms with van der Waals surface area (Å²) in [6.07, 6.45) is 5.47. The molecule has 0 radical (unpaired) electrons. The van der Waals surface area contributed by atoms with E-state index >= 15 is 0 Å². The molecule has 2 rings (SSSR count). The van der Waals surface area contributed by atoms with Crippen LogP contribution in [-0.4, -0.2) is 29.6 Å². The maximum atomic E-state index is 11.8. The summed E-state index contributed by atoms with van der Waals surface area (Å²) in [5.41, 5.74) is 6.37. The number of hydrogen-bond donors (Lipinski definition) is 3. The molecule has 0 spiro atoms. The second kappa shape index (κ2) is 6.86. The highest BCUT2D eigenvalue weighted by Gasteiger charge is 2.28. The van der Waals surface area contributed by atoms with Gasteiger partial charge in [-0.15, -0.1) is 0 Å². The zero-order valence-electron chi connectivity index (χ0n) is 11.9. The largest absolute Gasteiger partial charge is 0.388 e. The van der Waals surface area contributed by atoms with Gasteiger partial charge in [-0.1, -0.05) is 31.4 Å². The lowest BCUT2D eigenvalue weighted by molar-refractivity contribution is 0.0167. The molecular weight excluding hydrogens is 252 g/mol. The monoisotopic (exact) mass is 276 g/mol. The number of rotatable bonds is 6. The molecule has 4 heteroatoms. The average molecular weight is 276 g/mol. The number of nitrogens with one attached hydrogen (secondary N) is 1. The summed E-state index contributed by atoms with van der Waals surface area (Å²) in [4.78, 5) is 11.8. The van der Waals surface area contributed by atoms with E-state index in [2.05, 4.69) is 5.32 Å². The van der Waals surface area contributed by atoms with Crippen molar-refractivity contribution in [3.63, 3.8) is 0 Å². The number of ketones is 1. The van der Waals surface area contributed by atoms with Crippen molar-refractivity contribution < 1.29 is 9.90 Å². The summed E-state index contributed by atoms with van der Waals surface area (Å²) in [6, 6.07) is 7.42.